The van der Waals surface area contributed by atoms with E-state index in [2.05, 4.69) is 10.2 Å². The van der Waals surface area contributed by atoms with Crippen molar-refractivity contribution in [1.82, 2.24) is 10.2 Å². The molecule has 1 saturated carbocycles. The van der Waals surface area contributed by atoms with E-state index in [1.54, 1.807) is 0 Å². The van der Waals surface area contributed by atoms with Gasteiger partial charge in [0.05, 0.1) is 6.10 Å². The average Bonchev–Trinajstić information content (AvgIpc) is 2.38. The van der Waals surface area contributed by atoms with Crippen LogP contribution in [-0.4, -0.2) is 42.2 Å². The van der Waals surface area contributed by atoms with Crippen molar-refractivity contribution in [1.29, 1.82) is 0 Å². The third-order valence-electron chi connectivity index (χ3n) is 4.24. The topological polar surface area (TPSA) is 52.6 Å². The lowest BCUT2D eigenvalue weighted by Gasteiger charge is -2.49. The smallest absolute Gasteiger partial charge is 0.251 e. The summed E-state index contributed by atoms with van der Waals surface area (Å²) in [6.45, 7) is 4.82. The number of benzene rings is 1. The van der Waals surface area contributed by atoms with E-state index >= 15 is 0 Å². The Labute approximate surface area is 120 Å². The van der Waals surface area contributed by atoms with Crippen LogP contribution in [0, 0.1) is 5.41 Å². The monoisotopic (exact) mass is 276 g/mol. The van der Waals surface area contributed by atoms with Gasteiger partial charge in [0.2, 0.25) is 0 Å². The summed E-state index contributed by atoms with van der Waals surface area (Å²) >= 11 is 0. The number of carbonyl (C=O) groups excluding carboxylic acids is 1. The first-order valence-corrected chi connectivity index (χ1v) is 7.03. The summed E-state index contributed by atoms with van der Waals surface area (Å²) in [5, 5.41) is 12.7. The van der Waals surface area contributed by atoms with Crippen LogP contribution in [0.25, 0.3) is 0 Å². The van der Waals surface area contributed by atoms with Crippen molar-refractivity contribution in [2.24, 2.45) is 5.41 Å². The summed E-state index contributed by atoms with van der Waals surface area (Å²) in [6, 6.07) is 7.73. The summed E-state index contributed by atoms with van der Waals surface area (Å²) in [5.41, 5.74) is 1.62. The molecular weight excluding hydrogens is 252 g/mol. The van der Waals surface area contributed by atoms with E-state index in [9.17, 15) is 9.90 Å². The fourth-order valence-corrected chi connectivity index (χ4v) is 2.52. The van der Waals surface area contributed by atoms with E-state index in [1.165, 1.54) is 5.56 Å². The van der Waals surface area contributed by atoms with Gasteiger partial charge < -0.3 is 15.3 Å². The van der Waals surface area contributed by atoms with Crippen LogP contribution in [0.2, 0.25) is 0 Å². The highest BCUT2D eigenvalue weighted by Gasteiger charge is 2.47. The van der Waals surface area contributed by atoms with Crippen LogP contribution in [0.3, 0.4) is 0 Å². The lowest BCUT2D eigenvalue weighted by Crippen LogP contribution is -2.61. The van der Waals surface area contributed by atoms with Gasteiger partial charge in [-0.25, -0.2) is 0 Å². The Morgan fingerprint density at radius 2 is 1.95 bits per heavy atom. The van der Waals surface area contributed by atoms with Gasteiger partial charge in [0, 0.05) is 23.6 Å². The van der Waals surface area contributed by atoms with Crippen LogP contribution in [0.1, 0.15) is 36.2 Å². The summed E-state index contributed by atoms with van der Waals surface area (Å²) in [4.78, 5) is 14.3. The first-order valence-electron chi connectivity index (χ1n) is 7.03. The predicted octanol–water partition coefficient (Wildman–Crippen LogP) is 1.64. The minimum Gasteiger partial charge on any atom is -0.392 e. The van der Waals surface area contributed by atoms with Crippen molar-refractivity contribution < 1.29 is 9.90 Å². The van der Waals surface area contributed by atoms with Gasteiger partial charge in [0.25, 0.3) is 5.91 Å². The van der Waals surface area contributed by atoms with E-state index < -0.39 is 0 Å². The maximum atomic E-state index is 12.2. The van der Waals surface area contributed by atoms with Crippen molar-refractivity contribution in [3.05, 3.63) is 35.4 Å². The molecule has 110 valence electrons. The molecule has 0 bridgehead atoms. The molecule has 0 heterocycles. The van der Waals surface area contributed by atoms with Crippen LogP contribution in [0.4, 0.5) is 0 Å². The molecule has 2 unspecified atom stereocenters. The number of nitrogens with zero attached hydrogens (tertiary/aromatic N) is 1. The Bertz CT molecular complexity index is 480. The lowest BCUT2D eigenvalue weighted by molar-refractivity contribution is -0.0689. The van der Waals surface area contributed by atoms with Crippen molar-refractivity contribution in [3.63, 3.8) is 0 Å². The molecule has 0 aliphatic heterocycles. The number of amides is 1. The second-order valence-corrected chi connectivity index (χ2v) is 6.53. The Kier molecular flexibility index (Phi) is 4.16. The Hall–Kier alpha value is -1.39. The molecule has 2 atom stereocenters. The normalized spacial score (nSPS) is 24.3. The summed E-state index contributed by atoms with van der Waals surface area (Å²) in [5.74, 6) is -0.0635. The Morgan fingerprint density at radius 1 is 1.35 bits per heavy atom. The molecule has 1 aliphatic carbocycles. The zero-order chi connectivity index (χ0) is 14.9. The third-order valence-corrected chi connectivity index (χ3v) is 4.24. The molecule has 2 N–H and O–H groups in total. The van der Waals surface area contributed by atoms with Crippen LogP contribution >= 0.6 is 0 Å². The molecule has 4 heteroatoms. The maximum absolute atomic E-state index is 12.2. The highest BCUT2D eigenvalue weighted by Crippen LogP contribution is 2.40. The molecule has 1 aromatic carbocycles. The molecule has 0 saturated heterocycles. The van der Waals surface area contributed by atoms with Gasteiger partial charge in [-0.2, -0.15) is 0 Å². The van der Waals surface area contributed by atoms with E-state index in [-0.39, 0.29) is 23.5 Å². The van der Waals surface area contributed by atoms with Crippen molar-refractivity contribution in [2.45, 2.75) is 39.0 Å². The third kappa shape index (κ3) is 3.02. The summed E-state index contributed by atoms with van der Waals surface area (Å²) in [6.07, 6.45) is 0.313. The van der Waals surface area contributed by atoms with E-state index in [4.69, 9.17) is 0 Å². The largest absolute Gasteiger partial charge is 0.392 e. The number of carbonyl (C=O) groups is 1. The van der Waals surface area contributed by atoms with Gasteiger partial charge in [-0.15, -0.1) is 0 Å². The first kappa shape index (κ1) is 15.0. The summed E-state index contributed by atoms with van der Waals surface area (Å²) < 4.78 is 0. The van der Waals surface area contributed by atoms with E-state index in [1.807, 2.05) is 52.2 Å². The minimum atomic E-state index is -0.324. The number of hydrogen-bond acceptors (Lipinski definition) is 3. The highest BCUT2D eigenvalue weighted by molar-refractivity contribution is 5.94. The molecule has 0 aromatic heterocycles. The molecule has 0 spiro atoms. The molecular formula is C16H24N2O2. The number of rotatable bonds is 4. The average molecular weight is 276 g/mol. The second-order valence-electron chi connectivity index (χ2n) is 6.53. The zero-order valence-corrected chi connectivity index (χ0v) is 12.7. The standard InChI is InChI=1S/C16H24N2O2/c1-16(2)13(9-14(16)19)17-15(20)12-7-5-11(6-8-12)10-18(3)4/h5-8,13-14,19H,9-10H2,1-4H3,(H,17,20). The van der Waals surface area contributed by atoms with Gasteiger partial charge >= 0.3 is 0 Å². The Morgan fingerprint density at radius 3 is 2.40 bits per heavy atom. The van der Waals surface area contributed by atoms with Crippen molar-refractivity contribution in [2.75, 3.05) is 14.1 Å². The molecule has 1 fully saturated rings. The SMILES string of the molecule is CN(C)Cc1ccc(C(=O)NC2CC(O)C2(C)C)cc1. The van der Waals surface area contributed by atoms with Crippen LogP contribution < -0.4 is 5.32 Å². The molecule has 4 nitrogen and oxygen atoms in total. The molecule has 20 heavy (non-hydrogen) atoms. The number of hydrogen-bond donors (Lipinski definition) is 2. The van der Waals surface area contributed by atoms with Crippen LogP contribution in [-0.2, 0) is 6.54 Å². The molecule has 1 amide bonds. The quantitative estimate of drug-likeness (QED) is 0.879. The number of aliphatic hydroxyl groups excluding tert-OH is 1. The van der Waals surface area contributed by atoms with Crippen LogP contribution in [0.5, 0.6) is 0 Å². The summed E-state index contributed by atoms with van der Waals surface area (Å²) in [7, 11) is 4.04. The molecule has 2 rings (SSSR count). The van der Waals surface area contributed by atoms with Gasteiger partial charge in [-0.05, 0) is 38.2 Å². The molecule has 1 aliphatic rings. The van der Waals surface area contributed by atoms with Gasteiger partial charge in [-0.3, -0.25) is 4.79 Å². The predicted molar refractivity (Wildman–Crippen MR) is 79.5 cm³/mol. The zero-order valence-electron chi connectivity index (χ0n) is 12.7. The molecule has 0 radical (unpaired) electrons. The number of aliphatic hydroxyl groups is 1. The maximum Gasteiger partial charge on any atom is 0.251 e. The Balaban J connectivity index is 1.96. The van der Waals surface area contributed by atoms with Gasteiger partial charge in [0.1, 0.15) is 0 Å². The second kappa shape index (κ2) is 5.54. The first-order chi connectivity index (χ1) is 9.30. The highest BCUT2D eigenvalue weighted by atomic mass is 16.3. The van der Waals surface area contributed by atoms with Gasteiger partial charge in [0.15, 0.2) is 0 Å². The lowest BCUT2D eigenvalue weighted by atomic mass is 9.64. The van der Waals surface area contributed by atoms with Gasteiger partial charge in [-0.1, -0.05) is 26.0 Å². The fourth-order valence-electron chi connectivity index (χ4n) is 2.52. The van der Waals surface area contributed by atoms with Crippen molar-refractivity contribution >= 4 is 5.91 Å². The fraction of sp³-hybridized carbons (Fsp3) is 0.562. The molecule has 1 aromatic rings. The van der Waals surface area contributed by atoms with E-state index in [0.717, 1.165) is 6.54 Å². The van der Waals surface area contributed by atoms with Crippen LogP contribution in [0.15, 0.2) is 24.3 Å². The number of nitrogens with one attached hydrogen (secondary N) is 1. The minimum absolute atomic E-state index is 0.0476. The van der Waals surface area contributed by atoms with E-state index in [0.29, 0.717) is 12.0 Å². The van der Waals surface area contributed by atoms with Crippen molar-refractivity contribution in [3.8, 4) is 0 Å².